The van der Waals surface area contributed by atoms with E-state index in [0.717, 1.165) is 51.9 Å². The van der Waals surface area contributed by atoms with E-state index >= 15 is 0 Å². The van der Waals surface area contributed by atoms with Crippen molar-refractivity contribution in [1.82, 2.24) is 15.1 Å². The fraction of sp³-hybridized carbons (Fsp3) is 0.867. The first-order valence-electron chi connectivity index (χ1n) is 8.02. The number of carbonyl (C=O) groups is 2. The van der Waals surface area contributed by atoms with Crippen LogP contribution in [0.5, 0.6) is 0 Å². The van der Waals surface area contributed by atoms with Gasteiger partial charge in [0.2, 0.25) is 11.8 Å². The maximum Gasteiger partial charge on any atom is 0.239 e. The summed E-state index contributed by atoms with van der Waals surface area (Å²) >= 11 is 0. The molecule has 2 amide bonds. The smallest absolute Gasteiger partial charge is 0.239 e. The molecule has 2 heterocycles. The van der Waals surface area contributed by atoms with Crippen molar-refractivity contribution in [3.63, 3.8) is 0 Å². The normalized spacial score (nSPS) is 24.1. The number of hydrogen-bond acceptors (Lipinski definition) is 3. The molecule has 0 radical (unpaired) electrons. The average molecular weight is 281 g/mol. The van der Waals surface area contributed by atoms with Crippen molar-refractivity contribution in [2.24, 2.45) is 0 Å². The topological polar surface area (TPSA) is 52.7 Å². The molecule has 0 aromatic carbocycles. The number of nitrogens with one attached hydrogen (secondary N) is 1. The number of likely N-dealkylation sites (tertiary alicyclic amines) is 2. The summed E-state index contributed by atoms with van der Waals surface area (Å²) in [5, 5.41) is 3.23. The van der Waals surface area contributed by atoms with Gasteiger partial charge in [0.05, 0.1) is 6.04 Å². The van der Waals surface area contributed by atoms with Gasteiger partial charge in [0, 0.05) is 32.6 Å². The molecule has 5 heteroatoms. The summed E-state index contributed by atoms with van der Waals surface area (Å²) in [5.41, 5.74) is 0. The number of likely N-dealkylation sites (N-methyl/N-ethyl adjacent to an activating group) is 1. The zero-order valence-electron chi connectivity index (χ0n) is 12.6. The van der Waals surface area contributed by atoms with Crippen LogP contribution < -0.4 is 5.32 Å². The van der Waals surface area contributed by atoms with E-state index in [4.69, 9.17) is 0 Å². The number of piperidine rings is 2. The van der Waals surface area contributed by atoms with Crippen LogP contribution in [0.15, 0.2) is 0 Å². The molecule has 2 rings (SSSR count). The first-order chi connectivity index (χ1) is 9.72. The van der Waals surface area contributed by atoms with Crippen LogP contribution in [0.4, 0.5) is 0 Å². The summed E-state index contributed by atoms with van der Waals surface area (Å²) < 4.78 is 0. The van der Waals surface area contributed by atoms with Crippen LogP contribution in [0.3, 0.4) is 0 Å². The summed E-state index contributed by atoms with van der Waals surface area (Å²) in [7, 11) is 0. The second-order valence-corrected chi connectivity index (χ2v) is 5.77. The third-order valence-corrected chi connectivity index (χ3v) is 4.29. The third kappa shape index (κ3) is 3.95. The molecule has 0 spiro atoms. The van der Waals surface area contributed by atoms with Crippen molar-refractivity contribution >= 4 is 11.8 Å². The lowest BCUT2D eigenvalue weighted by Gasteiger charge is -2.33. The lowest BCUT2D eigenvalue weighted by molar-refractivity contribution is -0.138. The molecule has 2 aliphatic heterocycles. The largest absolute Gasteiger partial charge is 0.343 e. The van der Waals surface area contributed by atoms with E-state index in [-0.39, 0.29) is 17.9 Å². The molecule has 0 aromatic heterocycles. The number of nitrogens with zero attached hydrogens (tertiary/aromatic N) is 2. The van der Waals surface area contributed by atoms with E-state index in [9.17, 15) is 9.59 Å². The zero-order chi connectivity index (χ0) is 14.4. The Labute approximate surface area is 121 Å². The Hall–Kier alpha value is -1.10. The minimum atomic E-state index is -0.0427. The Kier molecular flexibility index (Phi) is 5.83. The van der Waals surface area contributed by atoms with Crippen LogP contribution in [-0.4, -0.2) is 60.4 Å². The molecule has 2 fully saturated rings. The van der Waals surface area contributed by atoms with E-state index in [1.54, 1.807) is 0 Å². The number of carbonyl (C=O) groups excluding carboxylic acids is 2. The van der Waals surface area contributed by atoms with Crippen LogP contribution >= 0.6 is 0 Å². The molecule has 1 atom stereocenters. The van der Waals surface area contributed by atoms with Gasteiger partial charge in [-0.15, -0.1) is 0 Å². The zero-order valence-corrected chi connectivity index (χ0v) is 12.6. The molecule has 1 unspecified atom stereocenters. The summed E-state index contributed by atoms with van der Waals surface area (Å²) in [6.45, 7) is 6.01. The first-order valence-corrected chi connectivity index (χ1v) is 8.02. The van der Waals surface area contributed by atoms with Gasteiger partial charge < -0.3 is 15.1 Å². The lowest BCUT2D eigenvalue weighted by Crippen LogP contribution is -2.51. The SMILES string of the molecule is CCNC1CCCN(CCC(=O)N2CCCCC2)C1=O. The van der Waals surface area contributed by atoms with Crippen LogP contribution in [0.1, 0.15) is 45.4 Å². The summed E-state index contributed by atoms with van der Waals surface area (Å²) in [4.78, 5) is 28.2. The van der Waals surface area contributed by atoms with Crippen molar-refractivity contribution in [2.45, 2.75) is 51.5 Å². The van der Waals surface area contributed by atoms with Crippen LogP contribution in [0.25, 0.3) is 0 Å². The minimum Gasteiger partial charge on any atom is -0.343 e. The standard InChI is InChI=1S/C15H27N3O2/c1-2-16-13-7-6-11-18(15(13)20)12-8-14(19)17-9-4-3-5-10-17/h13,16H,2-12H2,1H3. The molecule has 2 saturated heterocycles. The molecule has 0 aromatic rings. The predicted molar refractivity (Wildman–Crippen MR) is 78.3 cm³/mol. The number of amides is 2. The van der Waals surface area contributed by atoms with Gasteiger partial charge in [-0.3, -0.25) is 9.59 Å². The number of rotatable bonds is 5. The van der Waals surface area contributed by atoms with E-state index < -0.39 is 0 Å². The van der Waals surface area contributed by atoms with E-state index in [1.165, 1.54) is 6.42 Å². The fourth-order valence-corrected chi connectivity index (χ4v) is 3.13. The van der Waals surface area contributed by atoms with Crippen molar-refractivity contribution in [1.29, 1.82) is 0 Å². The van der Waals surface area contributed by atoms with Crippen molar-refractivity contribution < 1.29 is 9.59 Å². The second kappa shape index (κ2) is 7.62. The highest BCUT2D eigenvalue weighted by atomic mass is 16.2. The summed E-state index contributed by atoms with van der Waals surface area (Å²) in [6.07, 6.45) is 5.90. The molecule has 20 heavy (non-hydrogen) atoms. The van der Waals surface area contributed by atoms with Gasteiger partial charge in [-0.25, -0.2) is 0 Å². The second-order valence-electron chi connectivity index (χ2n) is 5.77. The fourth-order valence-electron chi connectivity index (χ4n) is 3.13. The summed E-state index contributed by atoms with van der Waals surface area (Å²) in [6, 6.07) is -0.0427. The molecule has 2 aliphatic rings. The highest BCUT2D eigenvalue weighted by Crippen LogP contribution is 2.14. The van der Waals surface area contributed by atoms with Gasteiger partial charge in [0.15, 0.2) is 0 Å². The highest BCUT2D eigenvalue weighted by Gasteiger charge is 2.28. The average Bonchev–Trinajstić information content (AvgIpc) is 2.49. The maximum absolute atomic E-state index is 12.2. The van der Waals surface area contributed by atoms with Gasteiger partial charge in [0.1, 0.15) is 0 Å². The molecule has 0 bridgehead atoms. The Morgan fingerprint density at radius 1 is 1.20 bits per heavy atom. The van der Waals surface area contributed by atoms with Gasteiger partial charge in [-0.1, -0.05) is 6.92 Å². The molecule has 5 nitrogen and oxygen atoms in total. The van der Waals surface area contributed by atoms with Gasteiger partial charge in [-0.2, -0.15) is 0 Å². The lowest BCUT2D eigenvalue weighted by atomic mass is 10.0. The van der Waals surface area contributed by atoms with Crippen LogP contribution in [-0.2, 0) is 9.59 Å². The summed E-state index contributed by atoms with van der Waals surface area (Å²) in [5.74, 6) is 0.382. The Bertz CT molecular complexity index is 338. The Morgan fingerprint density at radius 3 is 2.65 bits per heavy atom. The van der Waals surface area contributed by atoms with E-state index in [0.29, 0.717) is 13.0 Å². The Morgan fingerprint density at radius 2 is 1.95 bits per heavy atom. The monoisotopic (exact) mass is 281 g/mol. The van der Waals surface area contributed by atoms with Crippen molar-refractivity contribution in [3.05, 3.63) is 0 Å². The molecule has 0 aliphatic carbocycles. The predicted octanol–water partition coefficient (Wildman–Crippen LogP) is 0.989. The quantitative estimate of drug-likeness (QED) is 0.817. The van der Waals surface area contributed by atoms with Gasteiger partial charge in [-0.05, 0) is 38.6 Å². The molecular formula is C15H27N3O2. The van der Waals surface area contributed by atoms with Crippen LogP contribution in [0.2, 0.25) is 0 Å². The highest BCUT2D eigenvalue weighted by molar-refractivity contribution is 5.83. The molecule has 0 saturated carbocycles. The van der Waals surface area contributed by atoms with Crippen LogP contribution in [0, 0.1) is 0 Å². The molecular weight excluding hydrogens is 254 g/mol. The van der Waals surface area contributed by atoms with Crippen molar-refractivity contribution in [2.75, 3.05) is 32.7 Å². The first kappa shape index (κ1) is 15.3. The van der Waals surface area contributed by atoms with Gasteiger partial charge >= 0.3 is 0 Å². The molecule has 1 N–H and O–H groups in total. The minimum absolute atomic E-state index is 0.0427. The maximum atomic E-state index is 12.2. The Balaban J connectivity index is 1.77. The third-order valence-electron chi connectivity index (χ3n) is 4.29. The number of hydrogen-bond donors (Lipinski definition) is 1. The van der Waals surface area contributed by atoms with E-state index in [2.05, 4.69) is 5.32 Å². The molecule has 114 valence electrons. The van der Waals surface area contributed by atoms with E-state index in [1.807, 2.05) is 16.7 Å². The van der Waals surface area contributed by atoms with Gasteiger partial charge in [0.25, 0.3) is 0 Å². The van der Waals surface area contributed by atoms with Crippen molar-refractivity contribution in [3.8, 4) is 0 Å².